The number of carbonyl (C=O) groups is 1. The standard InChI is InChI=1S/C14H14N2O2/c1-8-15-13(14(18)16(8)2)12-5-3-9-7-10(17)4-6-11(9)12/h4,6-7,17H,3,5H2,1-2H3/b13-12+. The molecule has 1 aromatic rings. The van der Waals surface area contributed by atoms with Gasteiger partial charge < -0.3 is 5.11 Å². The molecule has 18 heavy (non-hydrogen) atoms. The maximum absolute atomic E-state index is 12.1. The van der Waals surface area contributed by atoms with Crippen molar-refractivity contribution in [3.05, 3.63) is 35.0 Å². The van der Waals surface area contributed by atoms with E-state index < -0.39 is 0 Å². The molecule has 1 N–H and O–H groups in total. The van der Waals surface area contributed by atoms with Crippen molar-refractivity contribution in [2.75, 3.05) is 7.05 Å². The zero-order valence-corrected chi connectivity index (χ0v) is 10.4. The molecule has 0 atom stereocenters. The van der Waals surface area contributed by atoms with E-state index in [1.54, 1.807) is 24.1 Å². The number of phenolic OH excluding ortho intramolecular Hbond substituents is 1. The zero-order valence-electron chi connectivity index (χ0n) is 10.4. The average molecular weight is 242 g/mol. The maximum atomic E-state index is 12.1. The largest absolute Gasteiger partial charge is 0.508 e. The van der Waals surface area contributed by atoms with Gasteiger partial charge in [0.15, 0.2) is 0 Å². The Hall–Kier alpha value is -2.10. The van der Waals surface area contributed by atoms with Crippen LogP contribution in [0.1, 0.15) is 24.5 Å². The summed E-state index contributed by atoms with van der Waals surface area (Å²) < 4.78 is 0. The first-order valence-electron chi connectivity index (χ1n) is 5.96. The van der Waals surface area contributed by atoms with Crippen molar-refractivity contribution in [3.8, 4) is 5.75 Å². The number of likely N-dealkylation sites (N-methyl/N-ethyl adjacent to an activating group) is 1. The van der Waals surface area contributed by atoms with Crippen LogP contribution in [0.3, 0.4) is 0 Å². The molecule has 0 bridgehead atoms. The highest BCUT2D eigenvalue weighted by Gasteiger charge is 2.30. The molecule has 1 aliphatic heterocycles. The van der Waals surface area contributed by atoms with E-state index in [9.17, 15) is 9.90 Å². The third-order valence-electron chi connectivity index (χ3n) is 3.61. The average Bonchev–Trinajstić information content (AvgIpc) is 2.85. The Kier molecular flexibility index (Phi) is 2.26. The molecular formula is C14H14N2O2. The van der Waals surface area contributed by atoms with Crippen molar-refractivity contribution in [1.29, 1.82) is 0 Å². The first-order chi connectivity index (χ1) is 8.58. The number of aromatic hydroxyl groups is 1. The molecule has 1 heterocycles. The van der Waals surface area contributed by atoms with Gasteiger partial charge in [0.05, 0.1) is 0 Å². The van der Waals surface area contributed by atoms with Gasteiger partial charge in [0, 0.05) is 7.05 Å². The fourth-order valence-corrected chi connectivity index (χ4v) is 2.51. The second-order valence-electron chi connectivity index (χ2n) is 4.69. The molecule has 0 saturated carbocycles. The highest BCUT2D eigenvalue weighted by atomic mass is 16.3. The minimum atomic E-state index is -0.0385. The number of amidine groups is 1. The second-order valence-corrected chi connectivity index (χ2v) is 4.69. The van der Waals surface area contributed by atoms with Crippen LogP contribution in [0, 0.1) is 0 Å². The predicted molar refractivity (Wildman–Crippen MR) is 69.2 cm³/mol. The summed E-state index contributed by atoms with van der Waals surface area (Å²) in [5, 5.41) is 9.47. The van der Waals surface area contributed by atoms with Crippen LogP contribution in [0.4, 0.5) is 0 Å². The molecule has 0 spiro atoms. The summed E-state index contributed by atoms with van der Waals surface area (Å²) >= 11 is 0. The van der Waals surface area contributed by atoms with Crippen molar-refractivity contribution in [2.24, 2.45) is 4.99 Å². The van der Waals surface area contributed by atoms with Gasteiger partial charge in [0.25, 0.3) is 5.91 Å². The Labute approximate surface area is 105 Å². The Balaban J connectivity index is 2.15. The second kappa shape index (κ2) is 3.70. The van der Waals surface area contributed by atoms with E-state index in [4.69, 9.17) is 0 Å². The van der Waals surface area contributed by atoms with Gasteiger partial charge >= 0.3 is 0 Å². The quantitative estimate of drug-likeness (QED) is 0.707. The van der Waals surface area contributed by atoms with Crippen molar-refractivity contribution < 1.29 is 9.90 Å². The van der Waals surface area contributed by atoms with Crippen LogP contribution in [-0.4, -0.2) is 28.8 Å². The van der Waals surface area contributed by atoms with Gasteiger partial charge in [-0.15, -0.1) is 0 Å². The van der Waals surface area contributed by atoms with Crippen LogP contribution in [0.15, 0.2) is 28.9 Å². The lowest BCUT2D eigenvalue weighted by Gasteiger charge is -2.07. The number of carbonyl (C=O) groups excluding carboxylic acids is 1. The fraction of sp³-hybridized carbons (Fsp3) is 0.286. The summed E-state index contributed by atoms with van der Waals surface area (Å²) in [5.41, 5.74) is 3.69. The number of aliphatic imine (C=N–C) groups is 1. The zero-order chi connectivity index (χ0) is 12.9. The molecule has 0 aromatic heterocycles. The molecule has 1 aromatic carbocycles. The lowest BCUT2D eigenvalue weighted by molar-refractivity contribution is -0.121. The van der Waals surface area contributed by atoms with Gasteiger partial charge in [-0.05, 0) is 48.6 Å². The molecule has 4 nitrogen and oxygen atoms in total. The lowest BCUT2D eigenvalue weighted by atomic mass is 10.1. The molecule has 1 aliphatic carbocycles. The van der Waals surface area contributed by atoms with E-state index in [0.717, 1.165) is 35.4 Å². The van der Waals surface area contributed by atoms with Gasteiger partial charge in [-0.1, -0.05) is 6.07 Å². The molecule has 1 amide bonds. The first kappa shape index (κ1) is 11.0. The summed E-state index contributed by atoms with van der Waals surface area (Å²) in [6.07, 6.45) is 1.67. The number of rotatable bonds is 0. The highest BCUT2D eigenvalue weighted by molar-refractivity contribution is 6.15. The van der Waals surface area contributed by atoms with Crippen LogP contribution in [0.5, 0.6) is 5.75 Å². The fourth-order valence-electron chi connectivity index (χ4n) is 2.51. The highest BCUT2D eigenvalue weighted by Crippen LogP contribution is 2.38. The third-order valence-corrected chi connectivity index (χ3v) is 3.61. The number of allylic oxidation sites excluding steroid dienone is 1. The summed E-state index contributed by atoms with van der Waals surface area (Å²) in [6.45, 7) is 1.83. The van der Waals surface area contributed by atoms with Gasteiger partial charge in [-0.25, -0.2) is 4.99 Å². The molecular weight excluding hydrogens is 228 g/mol. The molecule has 0 fully saturated rings. The van der Waals surface area contributed by atoms with E-state index in [1.165, 1.54) is 0 Å². The van der Waals surface area contributed by atoms with Crippen molar-refractivity contribution in [3.63, 3.8) is 0 Å². The molecule has 0 saturated heterocycles. The summed E-state index contributed by atoms with van der Waals surface area (Å²) in [7, 11) is 1.74. The van der Waals surface area contributed by atoms with E-state index in [0.29, 0.717) is 5.70 Å². The van der Waals surface area contributed by atoms with Crippen molar-refractivity contribution in [1.82, 2.24) is 4.90 Å². The molecule has 2 aliphatic rings. The van der Waals surface area contributed by atoms with Gasteiger partial charge in [-0.3, -0.25) is 9.69 Å². The van der Waals surface area contributed by atoms with E-state index in [1.807, 2.05) is 13.0 Å². The molecule has 3 rings (SSSR count). The molecule has 0 unspecified atom stereocenters. The van der Waals surface area contributed by atoms with E-state index in [-0.39, 0.29) is 11.7 Å². The lowest BCUT2D eigenvalue weighted by Crippen LogP contribution is -2.25. The summed E-state index contributed by atoms with van der Waals surface area (Å²) in [5.74, 6) is 0.965. The predicted octanol–water partition coefficient (Wildman–Crippen LogP) is 1.94. The SMILES string of the molecule is CC1=N/C(=C2\CCc3cc(O)ccc32)C(=O)N1C. The maximum Gasteiger partial charge on any atom is 0.277 e. The number of phenols is 1. The number of amides is 1. The number of hydrogen-bond donors (Lipinski definition) is 1. The Morgan fingerprint density at radius 2 is 2.11 bits per heavy atom. The summed E-state index contributed by atoms with van der Waals surface area (Å²) in [4.78, 5) is 18.0. The molecule has 0 radical (unpaired) electrons. The number of fused-ring (bicyclic) bond motifs is 1. The summed E-state index contributed by atoms with van der Waals surface area (Å²) in [6, 6.07) is 5.30. The Morgan fingerprint density at radius 3 is 2.78 bits per heavy atom. The Bertz CT molecular complexity index is 614. The topological polar surface area (TPSA) is 52.9 Å². The van der Waals surface area contributed by atoms with Crippen LogP contribution >= 0.6 is 0 Å². The van der Waals surface area contributed by atoms with Crippen molar-refractivity contribution in [2.45, 2.75) is 19.8 Å². The number of hydrogen-bond acceptors (Lipinski definition) is 3. The molecule has 92 valence electrons. The smallest absolute Gasteiger partial charge is 0.277 e. The first-order valence-corrected chi connectivity index (χ1v) is 5.96. The van der Waals surface area contributed by atoms with Gasteiger partial charge in [0.1, 0.15) is 17.3 Å². The Morgan fingerprint density at radius 1 is 1.33 bits per heavy atom. The van der Waals surface area contributed by atoms with Gasteiger partial charge in [0.2, 0.25) is 0 Å². The minimum absolute atomic E-state index is 0.0385. The van der Waals surface area contributed by atoms with E-state index >= 15 is 0 Å². The van der Waals surface area contributed by atoms with Gasteiger partial charge in [-0.2, -0.15) is 0 Å². The van der Waals surface area contributed by atoms with Crippen molar-refractivity contribution >= 4 is 17.3 Å². The number of nitrogens with zero attached hydrogens (tertiary/aromatic N) is 2. The van der Waals surface area contributed by atoms with Crippen LogP contribution in [0.25, 0.3) is 5.57 Å². The third kappa shape index (κ3) is 1.45. The minimum Gasteiger partial charge on any atom is -0.508 e. The number of aryl methyl sites for hydroxylation is 1. The monoisotopic (exact) mass is 242 g/mol. The number of benzene rings is 1. The molecule has 4 heteroatoms. The van der Waals surface area contributed by atoms with E-state index in [2.05, 4.69) is 4.99 Å². The normalized spacial score (nSPS) is 22.4. The van der Waals surface area contributed by atoms with Crippen LogP contribution in [-0.2, 0) is 11.2 Å². The van der Waals surface area contributed by atoms with Crippen LogP contribution in [0.2, 0.25) is 0 Å². The van der Waals surface area contributed by atoms with Crippen LogP contribution < -0.4 is 0 Å².